The molecule has 1 heterocycles. The van der Waals surface area contributed by atoms with Crippen molar-refractivity contribution >= 4 is 23.1 Å². The van der Waals surface area contributed by atoms with Crippen LogP contribution >= 0.6 is 0 Å². The summed E-state index contributed by atoms with van der Waals surface area (Å²) in [4.78, 5) is 30.8. The van der Waals surface area contributed by atoms with Crippen LogP contribution in [0.15, 0.2) is 108 Å². The van der Waals surface area contributed by atoms with Crippen molar-refractivity contribution in [3.63, 3.8) is 0 Å². The highest BCUT2D eigenvalue weighted by atomic mass is 16.5. The second-order valence-electron chi connectivity index (χ2n) is 10.3. The van der Waals surface area contributed by atoms with Crippen LogP contribution < -0.4 is 5.32 Å². The Labute approximate surface area is 263 Å². The van der Waals surface area contributed by atoms with E-state index in [0.717, 1.165) is 5.56 Å². The van der Waals surface area contributed by atoms with E-state index in [1.165, 1.54) is 0 Å². The average Bonchev–Trinajstić information content (AvgIpc) is 3.45. The van der Waals surface area contributed by atoms with Crippen LogP contribution in [0.25, 0.3) is 11.5 Å². The first-order valence-electron chi connectivity index (χ1n) is 14.8. The first-order valence-corrected chi connectivity index (χ1v) is 14.8. The third-order valence-electron chi connectivity index (χ3n) is 7.22. The number of ketones is 1. The van der Waals surface area contributed by atoms with Gasteiger partial charge in [0, 0.05) is 27.9 Å². The van der Waals surface area contributed by atoms with E-state index < -0.39 is 5.92 Å². The van der Waals surface area contributed by atoms with E-state index in [1.807, 2.05) is 91.9 Å². The van der Waals surface area contributed by atoms with Crippen LogP contribution in [-0.4, -0.2) is 30.0 Å². The Kier molecular flexibility index (Phi) is 10.2. The monoisotopic (exact) mass is 598 g/mol. The van der Waals surface area contributed by atoms with Gasteiger partial charge in [0.25, 0.3) is 0 Å². The molecular formula is C38H34N2O5. The fraction of sp³-hybridized carbons (Fsp3) is 0.184. The fourth-order valence-electron chi connectivity index (χ4n) is 4.83. The lowest BCUT2D eigenvalue weighted by atomic mass is 9.95. The van der Waals surface area contributed by atoms with Gasteiger partial charge in [-0.05, 0) is 56.7 Å². The SMILES string of the molecule is CCOC(=O)[C@@H](C)c1cccc(C#CCOCc2nc(-c3ccccc3)oc2C)c1Nc1ccccc1C(=O)c1ccccc1. The number of nitrogens with one attached hydrogen (secondary N) is 1. The molecule has 0 saturated heterocycles. The number of hydrogen-bond acceptors (Lipinski definition) is 7. The third-order valence-corrected chi connectivity index (χ3v) is 7.22. The zero-order valence-electron chi connectivity index (χ0n) is 25.5. The molecule has 0 fully saturated rings. The normalized spacial score (nSPS) is 11.3. The molecule has 0 unspecified atom stereocenters. The summed E-state index contributed by atoms with van der Waals surface area (Å²) < 4.78 is 17.0. The van der Waals surface area contributed by atoms with E-state index in [-0.39, 0.29) is 31.6 Å². The van der Waals surface area contributed by atoms with Crippen LogP contribution in [0.5, 0.6) is 0 Å². The summed E-state index contributed by atoms with van der Waals surface area (Å²) >= 11 is 0. The minimum atomic E-state index is -0.573. The summed E-state index contributed by atoms with van der Waals surface area (Å²) in [5.41, 5.74) is 5.27. The summed E-state index contributed by atoms with van der Waals surface area (Å²) in [6, 6.07) is 31.7. The van der Waals surface area contributed by atoms with E-state index in [4.69, 9.17) is 13.9 Å². The summed E-state index contributed by atoms with van der Waals surface area (Å²) in [5, 5.41) is 3.44. The Hall–Kier alpha value is -5.45. The Balaban J connectivity index is 1.39. The molecule has 226 valence electrons. The molecule has 1 aromatic heterocycles. The van der Waals surface area contributed by atoms with Gasteiger partial charge in [-0.1, -0.05) is 84.6 Å². The van der Waals surface area contributed by atoms with Crippen molar-refractivity contribution in [3.05, 3.63) is 137 Å². The lowest BCUT2D eigenvalue weighted by Crippen LogP contribution is -2.15. The average molecular weight is 599 g/mol. The van der Waals surface area contributed by atoms with E-state index in [2.05, 4.69) is 22.1 Å². The highest BCUT2D eigenvalue weighted by Crippen LogP contribution is 2.33. The van der Waals surface area contributed by atoms with E-state index in [1.54, 1.807) is 32.0 Å². The summed E-state index contributed by atoms with van der Waals surface area (Å²) in [5.74, 6) is 6.48. The van der Waals surface area contributed by atoms with Gasteiger partial charge in [-0.2, -0.15) is 0 Å². The predicted molar refractivity (Wildman–Crippen MR) is 174 cm³/mol. The van der Waals surface area contributed by atoms with Crippen molar-refractivity contribution < 1.29 is 23.5 Å². The molecule has 0 aliphatic rings. The van der Waals surface area contributed by atoms with Crippen molar-refractivity contribution in [1.29, 1.82) is 0 Å². The maximum Gasteiger partial charge on any atom is 0.313 e. The number of esters is 1. The van der Waals surface area contributed by atoms with Gasteiger partial charge in [-0.25, -0.2) is 4.98 Å². The van der Waals surface area contributed by atoms with Crippen molar-refractivity contribution in [2.45, 2.75) is 33.3 Å². The van der Waals surface area contributed by atoms with Gasteiger partial charge in [0.15, 0.2) is 5.78 Å². The molecule has 7 nitrogen and oxygen atoms in total. The minimum absolute atomic E-state index is 0.116. The second-order valence-corrected chi connectivity index (χ2v) is 10.3. The van der Waals surface area contributed by atoms with Gasteiger partial charge < -0.3 is 19.2 Å². The number of hydrogen-bond donors (Lipinski definition) is 1. The molecule has 1 N–H and O–H groups in total. The number of carbonyl (C=O) groups excluding carboxylic acids is 2. The first kappa shape index (κ1) is 31.0. The molecule has 1 atom stereocenters. The quantitative estimate of drug-likeness (QED) is 0.0716. The molecule has 0 spiro atoms. The van der Waals surface area contributed by atoms with Crippen LogP contribution in [0.2, 0.25) is 0 Å². The predicted octanol–water partition coefficient (Wildman–Crippen LogP) is 7.86. The summed E-state index contributed by atoms with van der Waals surface area (Å²) in [6.45, 7) is 6.10. The Morgan fingerprint density at radius 2 is 1.62 bits per heavy atom. The number of nitrogens with zero attached hydrogens (tertiary/aromatic N) is 1. The van der Waals surface area contributed by atoms with Crippen molar-refractivity contribution in [3.8, 4) is 23.3 Å². The molecule has 0 saturated carbocycles. The highest BCUT2D eigenvalue weighted by molar-refractivity contribution is 6.12. The number of para-hydroxylation sites is 2. The van der Waals surface area contributed by atoms with Gasteiger partial charge in [0.2, 0.25) is 5.89 Å². The number of rotatable bonds is 11. The number of aryl methyl sites for hydroxylation is 1. The van der Waals surface area contributed by atoms with E-state index in [9.17, 15) is 9.59 Å². The van der Waals surface area contributed by atoms with Crippen molar-refractivity contribution in [1.82, 2.24) is 4.98 Å². The third kappa shape index (κ3) is 7.56. The van der Waals surface area contributed by atoms with Gasteiger partial charge in [-0.3, -0.25) is 9.59 Å². The lowest BCUT2D eigenvalue weighted by Gasteiger charge is -2.20. The Morgan fingerprint density at radius 3 is 2.38 bits per heavy atom. The van der Waals surface area contributed by atoms with Crippen LogP contribution in [0.3, 0.4) is 0 Å². The fourth-order valence-corrected chi connectivity index (χ4v) is 4.83. The second kappa shape index (κ2) is 14.8. The van der Waals surface area contributed by atoms with Crippen LogP contribution in [-0.2, 0) is 20.9 Å². The molecular weight excluding hydrogens is 564 g/mol. The number of ether oxygens (including phenoxy) is 2. The van der Waals surface area contributed by atoms with Gasteiger partial charge in [0.1, 0.15) is 18.1 Å². The van der Waals surface area contributed by atoms with E-state index >= 15 is 0 Å². The van der Waals surface area contributed by atoms with Crippen molar-refractivity contribution in [2.24, 2.45) is 0 Å². The standard InChI is InChI=1S/C38H34N2O5/c1-4-44-38(42)26(2)31-22-13-19-28(20-14-24-43-25-34-27(3)45-37(40-34)30-17-9-6-10-18-30)35(31)39-33-23-12-11-21-32(33)36(41)29-15-7-5-8-16-29/h5-13,15-19,21-23,26,39H,4,24-25H2,1-3H3/t26-/m0/s1. The molecule has 0 bridgehead atoms. The lowest BCUT2D eigenvalue weighted by molar-refractivity contribution is -0.144. The summed E-state index contributed by atoms with van der Waals surface area (Å²) in [6.07, 6.45) is 0. The van der Waals surface area contributed by atoms with Gasteiger partial charge in [-0.15, -0.1) is 0 Å². The first-order chi connectivity index (χ1) is 22.0. The van der Waals surface area contributed by atoms with Gasteiger partial charge in [0.05, 0.1) is 24.8 Å². The topological polar surface area (TPSA) is 90.7 Å². The number of benzene rings is 4. The van der Waals surface area contributed by atoms with Crippen LogP contribution in [0, 0.1) is 18.8 Å². The molecule has 0 aliphatic carbocycles. The number of oxazole rings is 1. The maximum absolute atomic E-state index is 13.5. The smallest absolute Gasteiger partial charge is 0.313 e. The zero-order chi connectivity index (χ0) is 31.6. The van der Waals surface area contributed by atoms with Gasteiger partial charge >= 0.3 is 5.97 Å². The molecule has 0 aliphatic heterocycles. The largest absolute Gasteiger partial charge is 0.466 e. The molecule has 5 aromatic rings. The molecule has 4 aromatic carbocycles. The molecule has 7 heteroatoms. The highest BCUT2D eigenvalue weighted by Gasteiger charge is 2.23. The molecule has 0 radical (unpaired) electrons. The molecule has 45 heavy (non-hydrogen) atoms. The van der Waals surface area contributed by atoms with Crippen LogP contribution in [0.4, 0.5) is 11.4 Å². The Bertz CT molecular complexity index is 1830. The van der Waals surface area contributed by atoms with Crippen molar-refractivity contribution in [2.75, 3.05) is 18.5 Å². The number of carbonyl (C=O) groups is 2. The number of aromatic nitrogens is 1. The number of anilines is 2. The zero-order valence-corrected chi connectivity index (χ0v) is 25.5. The van der Waals surface area contributed by atoms with E-state index in [0.29, 0.717) is 51.0 Å². The minimum Gasteiger partial charge on any atom is -0.466 e. The Morgan fingerprint density at radius 1 is 0.911 bits per heavy atom. The van der Waals surface area contributed by atoms with Crippen LogP contribution in [0.1, 0.15) is 58.3 Å². The summed E-state index contributed by atoms with van der Waals surface area (Å²) in [7, 11) is 0. The molecule has 5 rings (SSSR count). The molecule has 0 amide bonds. The maximum atomic E-state index is 13.5.